The molecule has 112 valence electrons. The molecule has 0 heterocycles. The topological polar surface area (TPSA) is 44.8 Å². The van der Waals surface area contributed by atoms with Crippen molar-refractivity contribution in [2.24, 2.45) is 0 Å². The molecule has 0 rings (SSSR count). The second-order valence-electron chi connectivity index (χ2n) is 5.39. The first kappa shape index (κ1) is 18.5. The van der Waals surface area contributed by atoms with E-state index in [9.17, 15) is 4.57 Å². The van der Waals surface area contributed by atoms with Crippen molar-refractivity contribution in [1.29, 1.82) is 0 Å². The van der Waals surface area contributed by atoms with Gasteiger partial charge in [-0.3, -0.25) is 4.57 Å². The Morgan fingerprint density at radius 1 is 1.26 bits per heavy atom. The Kier molecular flexibility index (Phi) is 7.71. The average Bonchev–Trinajstić information content (AvgIpc) is 2.33. The van der Waals surface area contributed by atoms with Gasteiger partial charge in [-0.1, -0.05) is 39.6 Å². The lowest BCUT2D eigenvalue weighted by Crippen LogP contribution is -2.18. The summed E-state index contributed by atoms with van der Waals surface area (Å²) in [5, 5.41) is 0. The molecule has 0 aliphatic heterocycles. The SMILES string of the molecule is C=C(OC)P(=O)(OCCCC)/C(=C/[Si](C)(C)C)OC. The first-order chi connectivity index (χ1) is 8.71. The van der Waals surface area contributed by atoms with E-state index in [0.717, 1.165) is 12.8 Å². The maximum atomic E-state index is 13.0. The fourth-order valence-corrected chi connectivity index (χ4v) is 5.44. The smallest absolute Gasteiger partial charge is 0.326 e. The lowest BCUT2D eigenvalue weighted by molar-refractivity contribution is 0.247. The van der Waals surface area contributed by atoms with Gasteiger partial charge in [0.1, 0.15) is 0 Å². The van der Waals surface area contributed by atoms with E-state index in [2.05, 4.69) is 33.1 Å². The molecule has 0 saturated carbocycles. The lowest BCUT2D eigenvalue weighted by Gasteiger charge is -2.23. The van der Waals surface area contributed by atoms with Crippen LogP contribution >= 0.6 is 7.37 Å². The Balaban J connectivity index is 5.38. The van der Waals surface area contributed by atoms with Crippen molar-refractivity contribution in [2.75, 3.05) is 20.8 Å². The van der Waals surface area contributed by atoms with Crippen LogP contribution < -0.4 is 0 Å². The molecule has 1 unspecified atom stereocenters. The molecule has 6 heteroatoms. The molecule has 19 heavy (non-hydrogen) atoms. The first-order valence-corrected chi connectivity index (χ1v) is 11.7. The molecule has 0 spiro atoms. The molecule has 0 aliphatic carbocycles. The molecule has 4 nitrogen and oxygen atoms in total. The van der Waals surface area contributed by atoms with Gasteiger partial charge >= 0.3 is 7.37 Å². The molecule has 0 amide bonds. The Morgan fingerprint density at radius 3 is 2.21 bits per heavy atom. The third kappa shape index (κ3) is 5.98. The molecule has 0 radical (unpaired) electrons. The van der Waals surface area contributed by atoms with Crippen LogP contribution in [0.15, 0.2) is 23.3 Å². The number of ether oxygens (including phenoxy) is 2. The third-order valence-electron chi connectivity index (χ3n) is 2.39. The van der Waals surface area contributed by atoms with Gasteiger partial charge in [0.15, 0.2) is 11.0 Å². The number of unbranched alkanes of at least 4 members (excludes halogenated alkanes) is 1. The average molecular weight is 306 g/mol. The highest BCUT2D eigenvalue weighted by atomic mass is 31.2. The van der Waals surface area contributed by atoms with Crippen LogP contribution in [0.3, 0.4) is 0 Å². The van der Waals surface area contributed by atoms with Crippen LogP contribution in [0.4, 0.5) is 0 Å². The normalized spacial score (nSPS) is 15.8. The molecule has 0 bridgehead atoms. The molecule has 1 atom stereocenters. The van der Waals surface area contributed by atoms with Crippen molar-refractivity contribution in [1.82, 2.24) is 0 Å². The van der Waals surface area contributed by atoms with Gasteiger partial charge in [0.05, 0.1) is 28.9 Å². The Morgan fingerprint density at radius 2 is 1.84 bits per heavy atom. The minimum absolute atomic E-state index is 0.134. The summed E-state index contributed by atoms with van der Waals surface area (Å²) in [4.78, 5) is 0. The van der Waals surface area contributed by atoms with Crippen molar-refractivity contribution < 1.29 is 18.6 Å². The molecule has 0 aromatic rings. The van der Waals surface area contributed by atoms with Crippen LogP contribution in [-0.2, 0) is 18.6 Å². The number of methoxy groups -OCH3 is 2. The maximum Gasteiger partial charge on any atom is 0.326 e. The third-order valence-corrected chi connectivity index (χ3v) is 6.04. The van der Waals surface area contributed by atoms with Crippen LogP contribution in [0, 0.1) is 0 Å². The second kappa shape index (κ2) is 7.93. The van der Waals surface area contributed by atoms with E-state index in [1.165, 1.54) is 14.2 Å². The predicted molar refractivity (Wildman–Crippen MR) is 83.1 cm³/mol. The molecule has 0 saturated heterocycles. The van der Waals surface area contributed by atoms with E-state index in [1.54, 1.807) is 0 Å². The van der Waals surface area contributed by atoms with Gasteiger partial charge < -0.3 is 14.0 Å². The van der Waals surface area contributed by atoms with Crippen LogP contribution in [-0.4, -0.2) is 28.9 Å². The van der Waals surface area contributed by atoms with Crippen LogP contribution in [0.5, 0.6) is 0 Å². The fraction of sp³-hybridized carbons (Fsp3) is 0.692. The van der Waals surface area contributed by atoms with Crippen LogP contribution in [0.1, 0.15) is 19.8 Å². The molecule has 0 aromatic heterocycles. The zero-order valence-corrected chi connectivity index (χ0v) is 14.9. The van der Waals surface area contributed by atoms with E-state index in [4.69, 9.17) is 14.0 Å². The Bertz CT molecular complexity index is 371. The van der Waals surface area contributed by atoms with E-state index in [1.807, 2.05) is 5.70 Å². The Hall–Kier alpha value is -0.513. The van der Waals surface area contributed by atoms with E-state index in [0.29, 0.717) is 12.1 Å². The largest absolute Gasteiger partial charge is 0.491 e. The summed E-state index contributed by atoms with van der Waals surface area (Å²) < 4.78 is 29.0. The molecular formula is C13H27O4PSi. The fourth-order valence-electron chi connectivity index (χ4n) is 1.35. The van der Waals surface area contributed by atoms with Crippen LogP contribution in [0.2, 0.25) is 19.6 Å². The maximum absolute atomic E-state index is 13.0. The zero-order valence-electron chi connectivity index (χ0n) is 13.0. The van der Waals surface area contributed by atoms with E-state index >= 15 is 0 Å². The number of rotatable bonds is 9. The van der Waals surface area contributed by atoms with Gasteiger partial charge in [-0.25, -0.2) is 0 Å². The highest BCUT2D eigenvalue weighted by Gasteiger charge is 2.36. The highest BCUT2D eigenvalue weighted by molar-refractivity contribution is 7.67. The summed E-state index contributed by atoms with van der Waals surface area (Å²) in [7, 11) is -1.93. The van der Waals surface area contributed by atoms with E-state index in [-0.39, 0.29) is 5.50 Å². The van der Waals surface area contributed by atoms with Gasteiger partial charge in [-0.2, -0.15) is 0 Å². The summed E-state index contributed by atoms with van der Waals surface area (Å²) in [5.74, 6) is 0. The van der Waals surface area contributed by atoms with Crippen LogP contribution in [0.25, 0.3) is 0 Å². The van der Waals surface area contributed by atoms with Gasteiger partial charge in [-0.05, 0) is 12.1 Å². The summed E-state index contributed by atoms with van der Waals surface area (Å²) in [6.45, 7) is 12.6. The minimum atomic E-state index is -3.29. The van der Waals surface area contributed by atoms with Gasteiger partial charge in [0.25, 0.3) is 0 Å². The zero-order chi connectivity index (χ0) is 15.1. The van der Waals surface area contributed by atoms with Crippen molar-refractivity contribution >= 4 is 15.4 Å². The van der Waals surface area contributed by atoms with Crippen molar-refractivity contribution in [3.8, 4) is 0 Å². The standard InChI is InChI=1S/C13H27O4PSi/c1-8-9-10-17-18(14,12(2)15-3)13(16-4)11-19(5,6)7/h11H,2,8-10H2,1,3-7H3/b13-11+. The summed E-state index contributed by atoms with van der Waals surface area (Å²) in [5.41, 5.74) is 2.42. The Labute approximate surface area is 118 Å². The van der Waals surface area contributed by atoms with E-state index < -0.39 is 15.4 Å². The van der Waals surface area contributed by atoms with Crippen molar-refractivity contribution in [2.45, 2.75) is 39.4 Å². The van der Waals surface area contributed by atoms with Crippen molar-refractivity contribution in [3.63, 3.8) is 0 Å². The predicted octanol–water partition coefficient (Wildman–Crippen LogP) is 4.56. The monoisotopic (exact) mass is 306 g/mol. The molecule has 0 N–H and O–H groups in total. The first-order valence-electron chi connectivity index (χ1n) is 6.46. The molecule has 0 aliphatic rings. The summed E-state index contributed by atoms with van der Waals surface area (Å²) in [6, 6.07) is 0. The molecule has 0 aromatic carbocycles. The quantitative estimate of drug-likeness (QED) is 0.271. The highest BCUT2D eigenvalue weighted by Crippen LogP contribution is 2.62. The summed E-state index contributed by atoms with van der Waals surface area (Å²) in [6.07, 6.45) is 1.81. The second-order valence-corrected chi connectivity index (χ2v) is 12.7. The molecule has 0 fully saturated rings. The minimum Gasteiger partial charge on any atom is -0.491 e. The van der Waals surface area contributed by atoms with Gasteiger partial charge in [0.2, 0.25) is 0 Å². The van der Waals surface area contributed by atoms with Crippen molar-refractivity contribution in [3.05, 3.63) is 23.3 Å². The lowest BCUT2D eigenvalue weighted by atomic mass is 10.4. The van der Waals surface area contributed by atoms with Gasteiger partial charge in [-0.15, -0.1) is 0 Å². The number of hydrogen-bond acceptors (Lipinski definition) is 4. The van der Waals surface area contributed by atoms with Gasteiger partial charge in [0, 0.05) is 0 Å². The summed E-state index contributed by atoms with van der Waals surface area (Å²) >= 11 is 0. The number of hydrogen-bond donors (Lipinski definition) is 0. The molecular weight excluding hydrogens is 279 g/mol.